The molecule has 0 fully saturated rings. The summed E-state index contributed by atoms with van der Waals surface area (Å²) in [4.78, 5) is 10.3. The molecule has 0 aromatic heterocycles. The van der Waals surface area contributed by atoms with Crippen LogP contribution >= 0.6 is 0 Å². The van der Waals surface area contributed by atoms with Gasteiger partial charge in [-0.25, -0.2) is 0 Å². The minimum atomic E-state index is -0.639. The molecule has 0 amide bonds. The number of aliphatic hydroxyl groups is 1. The van der Waals surface area contributed by atoms with E-state index in [4.69, 9.17) is 4.74 Å². The summed E-state index contributed by atoms with van der Waals surface area (Å²) >= 11 is 0. The third-order valence-corrected chi connectivity index (χ3v) is 2.26. The largest absolute Gasteiger partial charge is 0.491 e. The van der Waals surface area contributed by atoms with Gasteiger partial charge in [0.1, 0.15) is 18.5 Å². The van der Waals surface area contributed by atoms with E-state index in [2.05, 4.69) is 5.32 Å². The number of aliphatic hydroxyl groups excluding tert-OH is 1. The quantitative estimate of drug-likeness (QED) is 0.569. The van der Waals surface area contributed by atoms with Gasteiger partial charge in [0.15, 0.2) is 0 Å². The highest BCUT2D eigenvalue weighted by Gasteiger charge is 2.12. The number of aryl methyl sites for hydroxylation is 1. The van der Waals surface area contributed by atoms with Gasteiger partial charge in [0.2, 0.25) is 0 Å². The Balaban J connectivity index is 2.66. The summed E-state index contributed by atoms with van der Waals surface area (Å²) in [6.45, 7) is 2.17. The first-order valence-electron chi connectivity index (χ1n) is 5.25. The van der Waals surface area contributed by atoms with Gasteiger partial charge in [-0.2, -0.15) is 0 Å². The molecule has 1 aromatic rings. The van der Waals surface area contributed by atoms with Gasteiger partial charge in [-0.1, -0.05) is 0 Å². The number of ether oxygens (including phenoxy) is 1. The van der Waals surface area contributed by atoms with E-state index >= 15 is 0 Å². The van der Waals surface area contributed by atoms with Gasteiger partial charge >= 0.3 is 0 Å². The van der Waals surface area contributed by atoms with Crippen LogP contribution < -0.4 is 10.1 Å². The predicted molar refractivity (Wildman–Crippen MR) is 63.3 cm³/mol. The first-order chi connectivity index (χ1) is 8.04. The van der Waals surface area contributed by atoms with Crippen LogP contribution in [0.2, 0.25) is 0 Å². The van der Waals surface area contributed by atoms with E-state index in [-0.39, 0.29) is 12.3 Å². The Morgan fingerprint density at radius 3 is 2.88 bits per heavy atom. The third-order valence-electron chi connectivity index (χ3n) is 2.26. The number of nitrogens with one attached hydrogen (secondary N) is 1. The number of hydrogen-bond donors (Lipinski definition) is 2. The van der Waals surface area contributed by atoms with E-state index in [1.165, 1.54) is 6.07 Å². The molecule has 17 heavy (non-hydrogen) atoms. The van der Waals surface area contributed by atoms with Crippen molar-refractivity contribution in [1.82, 2.24) is 5.32 Å². The lowest BCUT2D eigenvalue weighted by Crippen LogP contribution is -2.29. The highest BCUT2D eigenvalue weighted by atomic mass is 16.6. The molecule has 1 atom stereocenters. The van der Waals surface area contributed by atoms with Gasteiger partial charge in [-0.15, -0.1) is 0 Å². The maximum atomic E-state index is 10.7. The van der Waals surface area contributed by atoms with E-state index in [9.17, 15) is 15.2 Å². The number of rotatable bonds is 6. The number of hydrogen-bond acceptors (Lipinski definition) is 5. The molecule has 0 bridgehead atoms. The zero-order valence-corrected chi connectivity index (χ0v) is 9.84. The fraction of sp³-hybridized carbons (Fsp3) is 0.455. The van der Waals surface area contributed by atoms with Crippen LogP contribution in [0.15, 0.2) is 18.2 Å². The third kappa shape index (κ3) is 4.01. The van der Waals surface area contributed by atoms with Gasteiger partial charge in [0.05, 0.1) is 11.0 Å². The molecule has 0 aliphatic heterocycles. The molecule has 0 heterocycles. The van der Waals surface area contributed by atoms with Crippen molar-refractivity contribution >= 4 is 5.69 Å². The van der Waals surface area contributed by atoms with Gasteiger partial charge in [-0.3, -0.25) is 10.1 Å². The summed E-state index contributed by atoms with van der Waals surface area (Å²) in [5, 5.41) is 22.9. The summed E-state index contributed by atoms with van der Waals surface area (Å²) < 4.78 is 5.27. The maximum absolute atomic E-state index is 10.7. The number of nitrogens with zero attached hydrogens (tertiary/aromatic N) is 1. The molecule has 94 valence electrons. The van der Waals surface area contributed by atoms with Gasteiger partial charge < -0.3 is 15.2 Å². The van der Waals surface area contributed by atoms with E-state index in [0.717, 1.165) is 0 Å². The van der Waals surface area contributed by atoms with Gasteiger partial charge in [-0.05, 0) is 26.1 Å². The lowest BCUT2D eigenvalue weighted by atomic mass is 10.2. The second kappa shape index (κ2) is 6.17. The minimum Gasteiger partial charge on any atom is -0.491 e. The van der Waals surface area contributed by atoms with E-state index in [0.29, 0.717) is 17.9 Å². The van der Waals surface area contributed by atoms with Crippen molar-refractivity contribution < 1.29 is 14.8 Å². The van der Waals surface area contributed by atoms with Crippen LogP contribution in [0.5, 0.6) is 5.75 Å². The molecule has 6 heteroatoms. The molecule has 6 nitrogen and oxygen atoms in total. The number of nitro groups is 1. The fourth-order valence-corrected chi connectivity index (χ4v) is 1.36. The fourth-order valence-electron chi connectivity index (χ4n) is 1.36. The number of likely N-dealkylation sites (N-methyl/N-ethyl adjacent to an activating group) is 1. The van der Waals surface area contributed by atoms with Crippen molar-refractivity contribution in [2.75, 3.05) is 20.2 Å². The molecule has 1 rings (SSSR count). The highest BCUT2D eigenvalue weighted by Crippen LogP contribution is 2.23. The lowest BCUT2D eigenvalue weighted by Gasteiger charge is -2.11. The zero-order valence-electron chi connectivity index (χ0n) is 9.84. The van der Waals surface area contributed by atoms with E-state index in [1.807, 2.05) is 0 Å². The first kappa shape index (κ1) is 13.4. The van der Waals surface area contributed by atoms with Crippen LogP contribution in [0.4, 0.5) is 5.69 Å². The number of nitro benzene ring substituents is 1. The minimum absolute atomic E-state index is 0.0191. The van der Waals surface area contributed by atoms with Gasteiger partial charge in [0, 0.05) is 12.1 Å². The molecule has 1 unspecified atom stereocenters. The molecule has 1 aromatic carbocycles. The molecular formula is C11H16N2O4. The van der Waals surface area contributed by atoms with Crippen molar-refractivity contribution in [2.45, 2.75) is 13.0 Å². The molecule has 0 radical (unpaired) electrons. The average molecular weight is 240 g/mol. The molecule has 0 aliphatic carbocycles. The van der Waals surface area contributed by atoms with Crippen molar-refractivity contribution in [1.29, 1.82) is 0 Å². The lowest BCUT2D eigenvalue weighted by molar-refractivity contribution is -0.385. The Morgan fingerprint density at radius 2 is 2.29 bits per heavy atom. The van der Waals surface area contributed by atoms with Crippen LogP contribution in [0, 0.1) is 17.0 Å². The van der Waals surface area contributed by atoms with Crippen molar-refractivity contribution in [3.05, 3.63) is 33.9 Å². The number of benzene rings is 1. The molecular weight excluding hydrogens is 224 g/mol. The van der Waals surface area contributed by atoms with Crippen molar-refractivity contribution in [3.63, 3.8) is 0 Å². The van der Waals surface area contributed by atoms with Crippen molar-refractivity contribution in [3.8, 4) is 5.75 Å². The Bertz CT molecular complexity index is 395. The Hall–Kier alpha value is -1.66. The van der Waals surface area contributed by atoms with Crippen LogP contribution in [-0.4, -0.2) is 36.3 Å². The summed E-state index contributed by atoms with van der Waals surface area (Å²) in [7, 11) is 1.72. The maximum Gasteiger partial charge on any atom is 0.276 e. The molecule has 0 saturated heterocycles. The average Bonchev–Trinajstić information content (AvgIpc) is 2.28. The summed E-state index contributed by atoms with van der Waals surface area (Å²) in [6.07, 6.45) is -0.639. The summed E-state index contributed by atoms with van der Waals surface area (Å²) in [5.41, 5.74) is 0.601. The summed E-state index contributed by atoms with van der Waals surface area (Å²) in [5.74, 6) is 0.387. The van der Waals surface area contributed by atoms with E-state index < -0.39 is 11.0 Å². The smallest absolute Gasteiger partial charge is 0.276 e. The van der Waals surface area contributed by atoms with Crippen LogP contribution in [0.1, 0.15) is 5.56 Å². The molecule has 0 aliphatic rings. The Morgan fingerprint density at radius 1 is 1.59 bits per heavy atom. The van der Waals surface area contributed by atoms with Crippen LogP contribution in [-0.2, 0) is 0 Å². The van der Waals surface area contributed by atoms with Crippen LogP contribution in [0.25, 0.3) is 0 Å². The Labute approximate surface area is 99.4 Å². The molecule has 2 N–H and O–H groups in total. The topological polar surface area (TPSA) is 84.6 Å². The standard InChI is InChI=1S/C11H16N2O4/c1-8-3-4-10(5-11(8)13(15)16)17-7-9(14)6-12-2/h3-5,9,12,14H,6-7H2,1-2H3. The van der Waals surface area contributed by atoms with Crippen molar-refractivity contribution in [2.24, 2.45) is 0 Å². The second-order valence-electron chi connectivity index (χ2n) is 3.73. The molecule has 0 spiro atoms. The SMILES string of the molecule is CNCC(O)COc1ccc(C)c([N+](=O)[O-])c1. The van der Waals surface area contributed by atoms with Gasteiger partial charge in [0.25, 0.3) is 5.69 Å². The predicted octanol–water partition coefficient (Wildman–Crippen LogP) is 0.862. The van der Waals surface area contributed by atoms with Crippen LogP contribution in [0.3, 0.4) is 0 Å². The summed E-state index contributed by atoms with van der Waals surface area (Å²) in [6, 6.07) is 4.63. The first-order valence-corrected chi connectivity index (χ1v) is 5.25. The second-order valence-corrected chi connectivity index (χ2v) is 3.73. The van der Waals surface area contributed by atoms with E-state index in [1.54, 1.807) is 26.1 Å². The Kier molecular flexibility index (Phi) is 4.86. The molecule has 0 saturated carbocycles. The highest BCUT2D eigenvalue weighted by molar-refractivity contribution is 5.45. The monoisotopic (exact) mass is 240 g/mol. The normalized spacial score (nSPS) is 12.2. The zero-order chi connectivity index (χ0) is 12.8.